The number of aliphatic hydroxyl groups excluding tert-OH is 2. The van der Waals surface area contributed by atoms with Crippen LogP contribution in [-0.2, 0) is 14.3 Å². The molecule has 0 aliphatic carbocycles. The average molecular weight is 412 g/mol. The SMILES string of the molecule is O=C1C(=O)N(CCOCCO)C(c2ccc([N+](=O)[O-])cc2)C1=C(O)c1ccccc1. The monoisotopic (exact) mass is 412 g/mol. The highest BCUT2D eigenvalue weighted by atomic mass is 16.6. The summed E-state index contributed by atoms with van der Waals surface area (Å²) >= 11 is 0. The first-order chi connectivity index (χ1) is 14.5. The number of nitro benzene ring substituents is 1. The van der Waals surface area contributed by atoms with Gasteiger partial charge in [0.1, 0.15) is 5.76 Å². The molecule has 1 aliphatic heterocycles. The number of carbonyl (C=O) groups is 2. The van der Waals surface area contributed by atoms with Crippen molar-refractivity contribution in [2.45, 2.75) is 6.04 Å². The van der Waals surface area contributed by atoms with E-state index in [9.17, 15) is 24.8 Å². The lowest BCUT2D eigenvalue weighted by Gasteiger charge is -2.25. The molecule has 1 unspecified atom stereocenters. The molecule has 2 aromatic rings. The van der Waals surface area contributed by atoms with E-state index in [-0.39, 0.29) is 43.4 Å². The molecule has 1 saturated heterocycles. The maximum atomic E-state index is 12.8. The third kappa shape index (κ3) is 4.22. The van der Waals surface area contributed by atoms with Crippen molar-refractivity contribution in [1.29, 1.82) is 0 Å². The normalized spacial score (nSPS) is 18.0. The van der Waals surface area contributed by atoms with Crippen LogP contribution >= 0.6 is 0 Å². The van der Waals surface area contributed by atoms with Crippen molar-refractivity contribution in [2.75, 3.05) is 26.4 Å². The van der Waals surface area contributed by atoms with Crippen LogP contribution in [0.5, 0.6) is 0 Å². The Morgan fingerprint density at radius 3 is 2.33 bits per heavy atom. The van der Waals surface area contributed by atoms with E-state index < -0.39 is 22.7 Å². The van der Waals surface area contributed by atoms with Crippen LogP contribution in [0.25, 0.3) is 5.76 Å². The predicted molar refractivity (Wildman–Crippen MR) is 106 cm³/mol. The first-order valence-corrected chi connectivity index (χ1v) is 9.22. The molecule has 0 bridgehead atoms. The van der Waals surface area contributed by atoms with Crippen molar-refractivity contribution in [3.63, 3.8) is 0 Å². The summed E-state index contributed by atoms with van der Waals surface area (Å²) in [6.45, 7) is 0.00891. The Morgan fingerprint density at radius 1 is 1.07 bits per heavy atom. The van der Waals surface area contributed by atoms with Crippen LogP contribution in [0.1, 0.15) is 17.2 Å². The predicted octanol–water partition coefficient (Wildman–Crippen LogP) is 2.03. The zero-order valence-electron chi connectivity index (χ0n) is 15.9. The molecule has 30 heavy (non-hydrogen) atoms. The van der Waals surface area contributed by atoms with E-state index in [1.54, 1.807) is 30.3 Å². The van der Waals surface area contributed by atoms with Gasteiger partial charge < -0.3 is 19.8 Å². The number of hydrogen-bond acceptors (Lipinski definition) is 7. The summed E-state index contributed by atoms with van der Waals surface area (Å²) in [7, 11) is 0. The molecule has 9 nitrogen and oxygen atoms in total. The Balaban J connectivity index is 2.06. The number of Topliss-reactive ketones (excluding diaryl/α,β-unsaturated/α-hetero) is 1. The van der Waals surface area contributed by atoms with Gasteiger partial charge in [0.25, 0.3) is 17.4 Å². The van der Waals surface area contributed by atoms with Gasteiger partial charge in [0.15, 0.2) is 0 Å². The molecule has 0 spiro atoms. The number of non-ortho nitro benzene ring substituents is 1. The van der Waals surface area contributed by atoms with Crippen LogP contribution in [0, 0.1) is 10.1 Å². The fourth-order valence-corrected chi connectivity index (χ4v) is 3.32. The van der Waals surface area contributed by atoms with E-state index in [0.29, 0.717) is 11.1 Å². The maximum Gasteiger partial charge on any atom is 0.295 e. The summed E-state index contributed by atoms with van der Waals surface area (Å²) in [5.74, 6) is -1.97. The highest BCUT2D eigenvalue weighted by Crippen LogP contribution is 2.39. The van der Waals surface area contributed by atoms with Crippen LogP contribution in [0.15, 0.2) is 60.2 Å². The zero-order valence-corrected chi connectivity index (χ0v) is 15.9. The summed E-state index contributed by atoms with van der Waals surface area (Å²) in [5, 5.41) is 30.6. The summed E-state index contributed by atoms with van der Waals surface area (Å²) in [5.41, 5.74) is 0.589. The van der Waals surface area contributed by atoms with Gasteiger partial charge in [-0.3, -0.25) is 19.7 Å². The lowest BCUT2D eigenvalue weighted by molar-refractivity contribution is -0.384. The number of likely N-dealkylation sites (tertiary alicyclic amines) is 1. The lowest BCUT2D eigenvalue weighted by atomic mass is 9.95. The van der Waals surface area contributed by atoms with Crippen LogP contribution in [0.3, 0.4) is 0 Å². The third-order valence-corrected chi connectivity index (χ3v) is 4.72. The highest BCUT2D eigenvalue weighted by Gasteiger charge is 2.45. The fourth-order valence-electron chi connectivity index (χ4n) is 3.32. The molecule has 2 N–H and O–H groups in total. The van der Waals surface area contributed by atoms with Crippen LogP contribution in [0.4, 0.5) is 5.69 Å². The lowest BCUT2D eigenvalue weighted by Crippen LogP contribution is -2.33. The molecule has 1 amide bonds. The second kappa shape index (κ2) is 9.29. The standard InChI is InChI=1S/C21H20N2O7/c24-11-13-30-12-10-22-18(14-6-8-16(9-7-14)23(28)29)17(20(26)21(22)27)19(25)15-4-2-1-3-5-15/h1-9,18,24-25H,10-13H2. The number of benzene rings is 2. The molecule has 1 fully saturated rings. The molecule has 0 saturated carbocycles. The van der Waals surface area contributed by atoms with Gasteiger partial charge in [-0.05, 0) is 17.7 Å². The van der Waals surface area contributed by atoms with E-state index >= 15 is 0 Å². The van der Waals surface area contributed by atoms with Gasteiger partial charge >= 0.3 is 0 Å². The first-order valence-electron chi connectivity index (χ1n) is 9.22. The molecule has 156 valence electrons. The molecule has 1 heterocycles. The van der Waals surface area contributed by atoms with Crippen molar-refractivity contribution in [3.8, 4) is 0 Å². The number of nitrogens with zero attached hydrogens (tertiary/aromatic N) is 2. The van der Waals surface area contributed by atoms with Gasteiger partial charge in [-0.2, -0.15) is 0 Å². The molecule has 0 radical (unpaired) electrons. The van der Waals surface area contributed by atoms with Crippen LogP contribution in [-0.4, -0.2) is 58.1 Å². The van der Waals surface area contributed by atoms with E-state index in [0.717, 1.165) is 0 Å². The second-order valence-electron chi connectivity index (χ2n) is 6.54. The number of ketones is 1. The fraction of sp³-hybridized carbons (Fsp3) is 0.238. The molecule has 9 heteroatoms. The van der Waals surface area contributed by atoms with Crippen molar-refractivity contribution in [2.24, 2.45) is 0 Å². The van der Waals surface area contributed by atoms with E-state index in [1.807, 2.05) is 0 Å². The van der Waals surface area contributed by atoms with Crippen molar-refractivity contribution < 1.29 is 29.5 Å². The number of nitro groups is 1. The molecule has 0 aromatic heterocycles. The van der Waals surface area contributed by atoms with Gasteiger partial charge in [0.05, 0.1) is 36.4 Å². The minimum absolute atomic E-state index is 0.0395. The van der Waals surface area contributed by atoms with Crippen molar-refractivity contribution in [3.05, 3.63) is 81.4 Å². The smallest absolute Gasteiger partial charge is 0.295 e. The summed E-state index contributed by atoms with van der Waals surface area (Å²) in [4.78, 5) is 37.1. The highest BCUT2D eigenvalue weighted by molar-refractivity contribution is 6.46. The minimum Gasteiger partial charge on any atom is -0.507 e. The third-order valence-electron chi connectivity index (χ3n) is 4.72. The summed E-state index contributed by atoms with van der Waals surface area (Å²) < 4.78 is 5.22. The Bertz CT molecular complexity index is 971. The van der Waals surface area contributed by atoms with E-state index in [1.165, 1.54) is 29.2 Å². The Hall–Kier alpha value is -3.56. The molecule has 1 atom stereocenters. The Morgan fingerprint density at radius 2 is 1.73 bits per heavy atom. The zero-order chi connectivity index (χ0) is 21.7. The number of aliphatic hydroxyl groups is 2. The topological polar surface area (TPSA) is 130 Å². The summed E-state index contributed by atoms with van der Waals surface area (Å²) in [6, 6.07) is 12.9. The van der Waals surface area contributed by atoms with Gasteiger partial charge in [0, 0.05) is 24.2 Å². The van der Waals surface area contributed by atoms with Crippen LogP contribution in [0.2, 0.25) is 0 Å². The maximum absolute atomic E-state index is 12.8. The molecule has 2 aromatic carbocycles. The number of rotatable bonds is 8. The van der Waals surface area contributed by atoms with Crippen molar-refractivity contribution in [1.82, 2.24) is 4.90 Å². The Labute approximate surface area is 172 Å². The quantitative estimate of drug-likeness (QED) is 0.169. The largest absolute Gasteiger partial charge is 0.507 e. The van der Waals surface area contributed by atoms with E-state index in [2.05, 4.69) is 0 Å². The molecule has 3 rings (SSSR count). The number of carbonyl (C=O) groups excluding carboxylic acids is 2. The average Bonchev–Trinajstić information content (AvgIpc) is 3.01. The molecule has 1 aliphatic rings. The van der Waals surface area contributed by atoms with Gasteiger partial charge in [0.2, 0.25) is 0 Å². The Kier molecular flexibility index (Phi) is 6.55. The molecular formula is C21H20N2O7. The number of ether oxygens (including phenoxy) is 1. The van der Waals surface area contributed by atoms with E-state index in [4.69, 9.17) is 9.84 Å². The second-order valence-corrected chi connectivity index (χ2v) is 6.54. The number of amides is 1. The first kappa shape index (κ1) is 21.2. The molecular weight excluding hydrogens is 392 g/mol. The van der Waals surface area contributed by atoms with Crippen molar-refractivity contribution >= 4 is 23.1 Å². The van der Waals surface area contributed by atoms with Gasteiger partial charge in [-0.1, -0.05) is 30.3 Å². The number of hydrogen-bond donors (Lipinski definition) is 2. The summed E-state index contributed by atoms with van der Waals surface area (Å²) in [6.07, 6.45) is 0. The van der Waals surface area contributed by atoms with Gasteiger partial charge in [-0.15, -0.1) is 0 Å². The van der Waals surface area contributed by atoms with Gasteiger partial charge in [-0.25, -0.2) is 0 Å². The minimum atomic E-state index is -0.927. The van der Waals surface area contributed by atoms with Crippen LogP contribution < -0.4 is 0 Å².